The van der Waals surface area contributed by atoms with E-state index in [1.807, 2.05) is 0 Å². The molecule has 36 heavy (non-hydrogen) atoms. The van der Waals surface area contributed by atoms with Gasteiger partial charge < -0.3 is 17.7 Å². The van der Waals surface area contributed by atoms with Crippen molar-refractivity contribution in [1.82, 2.24) is 0 Å². The van der Waals surface area contributed by atoms with Crippen molar-refractivity contribution in [2.75, 3.05) is 26.4 Å². The molecule has 0 saturated heterocycles. The van der Waals surface area contributed by atoms with Gasteiger partial charge in [0.15, 0.2) is 0 Å². The molecule has 0 N–H and O–H groups in total. The van der Waals surface area contributed by atoms with Gasteiger partial charge in [-0.2, -0.15) is 0 Å². The highest BCUT2D eigenvalue weighted by atomic mass is 28.4. The first-order valence-electron chi connectivity index (χ1n) is 14.3. The van der Waals surface area contributed by atoms with Crippen LogP contribution in [-0.4, -0.2) is 43.5 Å². The van der Waals surface area contributed by atoms with Crippen LogP contribution in [0.15, 0.2) is 60.7 Å². The molecule has 0 saturated carbocycles. The van der Waals surface area contributed by atoms with Gasteiger partial charge in [-0.25, -0.2) is 0 Å². The molecule has 2 aromatic carbocycles. The van der Waals surface area contributed by atoms with E-state index in [2.05, 4.69) is 88.4 Å². The number of rotatable bonds is 21. The summed E-state index contributed by atoms with van der Waals surface area (Å²) in [5, 5.41) is 2.44. The van der Waals surface area contributed by atoms with E-state index in [0.29, 0.717) is 0 Å². The fourth-order valence-electron chi connectivity index (χ4n) is 4.23. The summed E-state index contributed by atoms with van der Waals surface area (Å²) in [6, 6.07) is 23.1. The van der Waals surface area contributed by atoms with Crippen LogP contribution < -0.4 is 10.4 Å². The second-order valence-corrected chi connectivity index (χ2v) is 15.9. The molecule has 4 nitrogen and oxygen atoms in total. The van der Waals surface area contributed by atoms with E-state index in [1.165, 1.54) is 10.4 Å². The summed E-state index contributed by atoms with van der Waals surface area (Å²) >= 11 is 0. The Morgan fingerprint density at radius 2 is 0.722 bits per heavy atom. The van der Waals surface area contributed by atoms with Crippen molar-refractivity contribution in [3.05, 3.63) is 60.7 Å². The molecule has 6 heteroatoms. The molecule has 0 unspecified atom stereocenters. The van der Waals surface area contributed by atoms with Gasteiger partial charge in [0.25, 0.3) is 0 Å². The Balaban J connectivity index is 2.45. The quantitative estimate of drug-likeness (QED) is 0.129. The maximum Gasteiger partial charge on any atom is 0.372 e. The lowest BCUT2D eigenvalue weighted by molar-refractivity contribution is 0.164. The van der Waals surface area contributed by atoms with Crippen molar-refractivity contribution in [3.63, 3.8) is 0 Å². The van der Waals surface area contributed by atoms with E-state index in [1.54, 1.807) is 0 Å². The number of hydrogen-bond acceptors (Lipinski definition) is 4. The third-order valence-electron chi connectivity index (χ3n) is 6.54. The molecule has 0 aliphatic rings. The van der Waals surface area contributed by atoms with Gasteiger partial charge >= 0.3 is 17.1 Å². The minimum Gasteiger partial charge on any atom is -0.391 e. The molecule has 2 rings (SSSR count). The van der Waals surface area contributed by atoms with Crippen molar-refractivity contribution in [2.24, 2.45) is 0 Å². The molecule has 0 radical (unpaired) electrons. The highest BCUT2D eigenvalue weighted by molar-refractivity contribution is 6.86. The standard InChI is InChI=1S/C30H50O4Si2/c1-5-9-23-31-35(32-24-10-6-2,29-19-15-13-16-20-29)27-28-36(33-25-11-7-3,34-26-12-8-4)30-21-17-14-18-22-30/h13-22H,5-12,23-28H2,1-4H3. The van der Waals surface area contributed by atoms with Gasteiger partial charge in [-0.05, 0) is 48.1 Å². The molecular formula is C30H50O4Si2. The van der Waals surface area contributed by atoms with Crippen molar-refractivity contribution in [1.29, 1.82) is 0 Å². The van der Waals surface area contributed by atoms with Crippen LogP contribution in [0.2, 0.25) is 12.1 Å². The summed E-state index contributed by atoms with van der Waals surface area (Å²) in [6.07, 6.45) is 8.60. The highest BCUT2D eigenvalue weighted by Crippen LogP contribution is 2.26. The Morgan fingerprint density at radius 1 is 0.444 bits per heavy atom. The van der Waals surface area contributed by atoms with Crippen LogP contribution in [0.4, 0.5) is 0 Å². The van der Waals surface area contributed by atoms with E-state index in [0.717, 1.165) is 89.9 Å². The minimum absolute atomic E-state index is 0.733. The van der Waals surface area contributed by atoms with Crippen LogP contribution in [0.5, 0.6) is 0 Å². The molecule has 0 aliphatic heterocycles. The van der Waals surface area contributed by atoms with E-state index in [4.69, 9.17) is 17.7 Å². The Bertz CT molecular complexity index is 701. The lowest BCUT2D eigenvalue weighted by Crippen LogP contribution is -2.59. The van der Waals surface area contributed by atoms with Crippen LogP contribution in [0.1, 0.15) is 79.1 Å². The lowest BCUT2D eigenvalue weighted by Gasteiger charge is -2.36. The average Bonchev–Trinajstić information content (AvgIpc) is 2.92. The molecular weight excluding hydrogens is 480 g/mol. The zero-order valence-electron chi connectivity index (χ0n) is 23.3. The van der Waals surface area contributed by atoms with E-state index in [9.17, 15) is 0 Å². The molecule has 0 amide bonds. The van der Waals surface area contributed by atoms with Gasteiger partial charge in [-0.3, -0.25) is 0 Å². The molecule has 0 heterocycles. The first-order valence-corrected chi connectivity index (χ1v) is 18.4. The average molecular weight is 531 g/mol. The minimum atomic E-state index is -2.71. The van der Waals surface area contributed by atoms with Gasteiger partial charge in [0.2, 0.25) is 0 Å². The SMILES string of the molecule is CCCCO[Si](CC[Si](OCCCC)(OCCCC)c1ccccc1)(OCCCC)c1ccccc1. The fraction of sp³-hybridized carbons (Fsp3) is 0.600. The third-order valence-corrected chi connectivity index (χ3v) is 14.0. The summed E-state index contributed by atoms with van der Waals surface area (Å²) in [7, 11) is -5.42. The lowest BCUT2D eigenvalue weighted by atomic mass is 10.4. The Hall–Kier alpha value is -1.29. The third kappa shape index (κ3) is 9.88. The summed E-state index contributed by atoms with van der Waals surface area (Å²) in [5.41, 5.74) is 0. The predicted octanol–water partition coefficient (Wildman–Crippen LogP) is 6.95. The molecule has 0 aliphatic carbocycles. The van der Waals surface area contributed by atoms with E-state index in [-0.39, 0.29) is 0 Å². The fourth-order valence-corrected chi connectivity index (χ4v) is 12.2. The topological polar surface area (TPSA) is 36.9 Å². The summed E-state index contributed by atoms with van der Waals surface area (Å²) < 4.78 is 27.3. The summed E-state index contributed by atoms with van der Waals surface area (Å²) in [6.45, 7) is 11.8. The maximum absolute atomic E-state index is 6.81. The van der Waals surface area contributed by atoms with Crippen LogP contribution in [-0.2, 0) is 17.7 Å². The first kappa shape index (κ1) is 30.9. The van der Waals surface area contributed by atoms with Crippen LogP contribution in [0.25, 0.3) is 0 Å². The molecule has 202 valence electrons. The van der Waals surface area contributed by atoms with Gasteiger partial charge in [-0.15, -0.1) is 0 Å². The molecule has 0 fully saturated rings. The van der Waals surface area contributed by atoms with Crippen molar-refractivity contribution in [2.45, 2.75) is 91.1 Å². The molecule has 0 spiro atoms. The highest BCUT2D eigenvalue weighted by Gasteiger charge is 2.47. The first-order chi connectivity index (χ1) is 17.7. The maximum atomic E-state index is 6.81. The number of hydrogen-bond donors (Lipinski definition) is 0. The van der Waals surface area contributed by atoms with Gasteiger partial charge in [0, 0.05) is 26.4 Å². The van der Waals surface area contributed by atoms with Crippen LogP contribution in [0, 0.1) is 0 Å². The predicted molar refractivity (Wildman–Crippen MR) is 157 cm³/mol. The zero-order valence-corrected chi connectivity index (χ0v) is 25.3. The number of benzene rings is 2. The van der Waals surface area contributed by atoms with Crippen molar-refractivity contribution < 1.29 is 17.7 Å². The molecule has 2 aromatic rings. The second-order valence-electron chi connectivity index (χ2n) is 9.55. The van der Waals surface area contributed by atoms with Crippen LogP contribution >= 0.6 is 0 Å². The Morgan fingerprint density at radius 3 is 0.972 bits per heavy atom. The van der Waals surface area contributed by atoms with Crippen molar-refractivity contribution >= 4 is 27.5 Å². The molecule has 0 bridgehead atoms. The Kier molecular flexibility index (Phi) is 15.5. The van der Waals surface area contributed by atoms with E-state index >= 15 is 0 Å². The number of unbranched alkanes of at least 4 members (excludes halogenated alkanes) is 4. The smallest absolute Gasteiger partial charge is 0.372 e. The second kappa shape index (κ2) is 18.0. The monoisotopic (exact) mass is 530 g/mol. The summed E-state index contributed by atoms with van der Waals surface area (Å²) in [4.78, 5) is 0. The van der Waals surface area contributed by atoms with E-state index < -0.39 is 17.1 Å². The van der Waals surface area contributed by atoms with Crippen molar-refractivity contribution in [3.8, 4) is 0 Å². The summed E-state index contributed by atoms with van der Waals surface area (Å²) in [5.74, 6) is 0. The van der Waals surface area contributed by atoms with Crippen LogP contribution in [0.3, 0.4) is 0 Å². The largest absolute Gasteiger partial charge is 0.391 e. The molecule has 0 aromatic heterocycles. The van der Waals surface area contributed by atoms with Gasteiger partial charge in [0.05, 0.1) is 0 Å². The molecule has 0 atom stereocenters. The Labute approximate surface area is 223 Å². The van der Waals surface area contributed by atoms with Gasteiger partial charge in [0.1, 0.15) is 0 Å². The van der Waals surface area contributed by atoms with Gasteiger partial charge in [-0.1, -0.05) is 114 Å². The normalized spacial score (nSPS) is 12.2. The zero-order chi connectivity index (χ0) is 26.0.